The standard InChI is InChI=1S/C57H114O36P4S4/c1-42-48(61)51(64)45(34-58)91-54(42)81-29-24-71-18-20-74-27-32-85-94(5,98)84-14-6-10-76-37-57(38-77-11-7-15-86-95(67,99)70-4,40-79-13-9-17-88-97(69,101)90-41-80-23-22-73-26-31-83-56-44(3)50(63)53(66)47(36-60)93-56)39-78-12-8-16-87-96(68,100)89-33-28-75-21-19-72-25-30-82-55-43(2)49(62)52(65)46(35-59)92-55/h42-56,58-66H,6-41H2,1-5H3,(H,67,99)(H,68,100)(H,69,101)/t42?,43?,44?,45?,46?,47?,48-,49-,50-,51+,52+,53+,54-,55-,56-,57?,94?,95?,96?,97?/m1/s1. The molecule has 44 heteroatoms. The number of hydrogen-bond acceptors (Lipinski definition) is 38. The van der Waals surface area contributed by atoms with Gasteiger partial charge in [-0.1, -0.05) is 20.8 Å². The summed E-state index contributed by atoms with van der Waals surface area (Å²) in [6.07, 6.45) is -11.2. The Bertz CT molecular complexity index is 2140. The zero-order chi connectivity index (χ0) is 74.6. The highest BCUT2D eigenvalue weighted by Crippen LogP contribution is 2.57. The summed E-state index contributed by atoms with van der Waals surface area (Å²) in [4.78, 5) is 33.7. The molecule has 0 spiro atoms. The van der Waals surface area contributed by atoms with Gasteiger partial charge in [0.1, 0.15) is 36.6 Å². The molecule has 3 aliphatic rings. The van der Waals surface area contributed by atoms with Crippen LogP contribution in [0.5, 0.6) is 0 Å². The van der Waals surface area contributed by atoms with Crippen molar-refractivity contribution in [3.05, 3.63) is 0 Å². The predicted octanol–water partition coefficient (Wildman–Crippen LogP) is -0.965. The van der Waals surface area contributed by atoms with Gasteiger partial charge in [-0.3, -0.25) is 0 Å². The first kappa shape index (κ1) is 96.5. The lowest BCUT2D eigenvalue weighted by Crippen LogP contribution is -2.55. The van der Waals surface area contributed by atoms with E-state index in [1.165, 1.54) is 7.11 Å². The normalized spacial score (nSPS) is 28.9. The second-order valence-corrected chi connectivity index (χ2v) is 36.3. The van der Waals surface area contributed by atoms with Crippen LogP contribution in [-0.4, -0.2) is 355 Å². The molecule has 0 aromatic carbocycles. The summed E-state index contributed by atoms with van der Waals surface area (Å²) in [7, 11) is -2.62. The van der Waals surface area contributed by atoms with Crippen LogP contribution in [0.15, 0.2) is 0 Å². The number of aliphatic hydroxyl groups excluding tert-OH is 9. The molecule has 11 unspecified atom stereocenters. The van der Waals surface area contributed by atoms with Crippen LogP contribution in [0.3, 0.4) is 0 Å². The fourth-order valence-corrected chi connectivity index (χ4v) is 13.7. The summed E-state index contributed by atoms with van der Waals surface area (Å²) < 4.78 is 135. The fraction of sp³-hybridized carbons (Fsp3) is 1.00. The highest BCUT2D eigenvalue weighted by Gasteiger charge is 2.45. The topological polar surface area (TPSA) is 467 Å². The molecule has 3 rings (SSSR count). The van der Waals surface area contributed by atoms with Crippen LogP contribution in [0.4, 0.5) is 0 Å². The van der Waals surface area contributed by atoms with Gasteiger partial charge in [-0.2, -0.15) is 9.05 Å². The van der Waals surface area contributed by atoms with Crippen molar-refractivity contribution < 1.29 is 173 Å². The van der Waals surface area contributed by atoms with Gasteiger partial charge in [-0.15, -0.1) is 0 Å². The van der Waals surface area contributed by atoms with E-state index in [0.29, 0.717) is 12.8 Å². The molecule has 3 aliphatic heterocycles. The zero-order valence-corrected chi connectivity index (χ0v) is 65.1. The van der Waals surface area contributed by atoms with Crippen LogP contribution in [-0.2, 0) is 147 Å². The molecule has 0 amide bonds. The van der Waals surface area contributed by atoms with Crippen LogP contribution in [0.2, 0.25) is 0 Å². The molecule has 3 saturated heterocycles. The van der Waals surface area contributed by atoms with Crippen LogP contribution in [0.1, 0.15) is 46.5 Å². The van der Waals surface area contributed by atoms with Gasteiger partial charge in [0.05, 0.1) is 214 Å². The number of hydrogen-bond donors (Lipinski definition) is 12. The minimum Gasteiger partial charge on any atom is -0.622 e. The molecule has 0 bridgehead atoms. The summed E-state index contributed by atoms with van der Waals surface area (Å²) in [5.74, 6) is -1.60. The molecule has 0 aromatic rings. The molecule has 20 atom stereocenters. The summed E-state index contributed by atoms with van der Waals surface area (Å²) in [5.41, 5.74) is -0.959. The Morgan fingerprint density at radius 1 is 0.396 bits per heavy atom. The van der Waals surface area contributed by atoms with Gasteiger partial charge in [-0.05, 0) is 61.1 Å². The molecule has 101 heavy (non-hydrogen) atoms. The van der Waals surface area contributed by atoms with E-state index in [4.69, 9.17) is 147 Å². The van der Waals surface area contributed by atoms with E-state index < -0.39 is 151 Å². The van der Waals surface area contributed by atoms with Crippen LogP contribution in [0.25, 0.3) is 0 Å². The van der Waals surface area contributed by atoms with Gasteiger partial charge < -0.3 is 164 Å². The molecule has 3 heterocycles. The van der Waals surface area contributed by atoms with Crippen LogP contribution in [0, 0.1) is 23.2 Å². The van der Waals surface area contributed by atoms with Crippen molar-refractivity contribution in [1.82, 2.24) is 0 Å². The third-order valence-corrected chi connectivity index (χ3v) is 22.2. The number of ether oxygens (including phenoxy) is 16. The first-order chi connectivity index (χ1) is 48.2. The minimum absolute atomic E-state index is 0.0217. The van der Waals surface area contributed by atoms with Gasteiger partial charge in [0.15, 0.2) is 32.2 Å². The summed E-state index contributed by atoms with van der Waals surface area (Å²) >= 11 is 19.8. The molecule has 602 valence electrons. The molecule has 3 fully saturated rings. The van der Waals surface area contributed by atoms with Crippen molar-refractivity contribution in [3.63, 3.8) is 0 Å². The zero-order valence-electron chi connectivity index (χ0n) is 58.2. The van der Waals surface area contributed by atoms with E-state index >= 15 is 0 Å². The van der Waals surface area contributed by atoms with E-state index in [-0.39, 0.29) is 198 Å². The van der Waals surface area contributed by atoms with Crippen LogP contribution >= 0.6 is 39.3 Å². The molecule has 0 saturated carbocycles. The average Bonchev–Trinajstić information content (AvgIpc) is 0.838. The van der Waals surface area contributed by atoms with Crippen molar-refractivity contribution in [2.24, 2.45) is 23.2 Å². The third kappa shape index (κ3) is 41.4. The highest BCUT2D eigenvalue weighted by molar-refractivity contribution is 8.46. The van der Waals surface area contributed by atoms with Gasteiger partial charge in [0.2, 0.25) is 0 Å². The maximum absolute atomic E-state index is 13.0. The molecule has 0 aromatic heterocycles. The van der Waals surface area contributed by atoms with Gasteiger partial charge in [0, 0.05) is 58.0 Å². The minimum atomic E-state index is -3.87. The average molecular weight is 1630 g/mol. The Labute approximate surface area is 613 Å². The second kappa shape index (κ2) is 54.8. The first-order valence-electron chi connectivity index (χ1n) is 33.3. The van der Waals surface area contributed by atoms with E-state index in [2.05, 4.69) is 12.2 Å². The summed E-state index contributed by atoms with van der Waals surface area (Å²) in [6.45, 7) is -1.57. The fourth-order valence-electron chi connectivity index (χ4n) is 9.39. The predicted molar refractivity (Wildman–Crippen MR) is 371 cm³/mol. The van der Waals surface area contributed by atoms with Crippen molar-refractivity contribution in [2.75, 3.05) is 225 Å². The van der Waals surface area contributed by atoms with Crippen molar-refractivity contribution in [1.29, 1.82) is 0 Å². The third-order valence-electron chi connectivity index (χ3n) is 15.2. The monoisotopic (exact) mass is 1630 g/mol. The van der Waals surface area contributed by atoms with Crippen LogP contribution < -0.4 is 4.89 Å². The van der Waals surface area contributed by atoms with Gasteiger partial charge in [-0.25, -0.2) is 0 Å². The van der Waals surface area contributed by atoms with E-state index in [9.17, 15) is 60.6 Å². The van der Waals surface area contributed by atoms with Gasteiger partial charge in [0.25, 0.3) is 7.15 Å². The number of thiol groups is 1. The Morgan fingerprint density at radius 3 is 1.06 bits per heavy atom. The molecule has 11 N–H and O–H groups in total. The summed E-state index contributed by atoms with van der Waals surface area (Å²) in [5, 5.41) is 89.1. The van der Waals surface area contributed by atoms with Gasteiger partial charge >= 0.3 is 13.4 Å². The lowest BCUT2D eigenvalue weighted by molar-refractivity contribution is -0.284. The van der Waals surface area contributed by atoms with Crippen molar-refractivity contribution in [3.8, 4) is 0 Å². The maximum atomic E-state index is 13.0. The van der Waals surface area contributed by atoms with Crippen molar-refractivity contribution in [2.45, 2.75) is 120 Å². The molecule has 0 radical (unpaired) electrons. The molecule has 0 aliphatic carbocycles. The van der Waals surface area contributed by atoms with E-state index in [1.807, 2.05) is 0 Å². The van der Waals surface area contributed by atoms with Crippen molar-refractivity contribution >= 4 is 74.7 Å². The number of rotatable bonds is 64. The Hall–Kier alpha value is 1.29. The maximum Gasteiger partial charge on any atom is 0.324 e. The van der Waals surface area contributed by atoms with E-state index in [1.54, 1.807) is 27.4 Å². The molecule has 36 nitrogen and oxygen atoms in total. The van der Waals surface area contributed by atoms with E-state index in [0.717, 1.165) is 0 Å². The quantitative estimate of drug-likeness (QED) is 0.0151. The Kier molecular flexibility index (Phi) is 52.4. The largest absolute Gasteiger partial charge is 0.622 e. The molecular formula is C57H114O36P4S4. The lowest BCUT2D eigenvalue weighted by Gasteiger charge is -2.40. The lowest BCUT2D eigenvalue weighted by atomic mass is 9.92. The smallest absolute Gasteiger partial charge is 0.324 e. The molecular weight excluding hydrogens is 1510 g/mol. The first-order valence-corrected chi connectivity index (χ1v) is 44.3. The SMILES string of the molecule is COP(O)(=S)OCCCOCC(COCCCOP(C)(=S)OCCOCCOCCO[C@@H]1OC(CO)[C@H](O)[C@H](O)C1C)(COCCCOP(O)(=S)OCCOCCOCCO[C@@H]1OC(CO)[C@H](O)[C@H](O)C1C)COCCCO[P+]([O-])(S)OCOCCOCCO[C@@H]1OC(CO)[C@H](O)[C@H](O)C1C. The Morgan fingerprint density at radius 2 is 0.693 bits per heavy atom. The summed E-state index contributed by atoms with van der Waals surface area (Å²) in [6, 6.07) is 0. The Balaban J connectivity index is 1.46. The highest BCUT2D eigenvalue weighted by atomic mass is 32.7. The second-order valence-electron chi connectivity index (χ2n) is 23.5. The number of aliphatic hydroxyl groups is 9.